The van der Waals surface area contributed by atoms with Gasteiger partial charge in [0.15, 0.2) is 0 Å². The first-order valence-electron chi connectivity index (χ1n) is 3.13. The van der Waals surface area contributed by atoms with Gasteiger partial charge in [-0.25, -0.2) is 4.39 Å². The topological polar surface area (TPSA) is 23.8 Å². The van der Waals surface area contributed by atoms with E-state index in [4.69, 9.17) is 5.26 Å². The lowest BCUT2D eigenvalue weighted by molar-refractivity contribution is 0.612. The van der Waals surface area contributed by atoms with E-state index in [0.29, 0.717) is 14.5 Å². The van der Waals surface area contributed by atoms with Crippen molar-refractivity contribution < 1.29 is 4.39 Å². The van der Waals surface area contributed by atoms with Crippen molar-refractivity contribution in [2.45, 2.75) is 5.33 Å². The Bertz CT molecular complexity index is 346. The van der Waals surface area contributed by atoms with Crippen molar-refractivity contribution in [3.8, 4) is 6.07 Å². The molecule has 0 unspecified atom stereocenters. The van der Waals surface area contributed by atoms with Crippen LogP contribution in [0.1, 0.15) is 11.1 Å². The Labute approximate surface area is 91.8 Å². The number of benzene rings is 1. The van der Waals surface area contributed by atoms with Gasteiger partial charge >= 0.3 is 0 Å². The average molecular weight is 340 g/mol. The highest BCUT2D eigenvalue weighted by Gasteiger charge is 2.09. The maximum atomic E-state index is 13.3. The molecule has 0 aromatic heterocycles. The van der Waals surface area contributed by atoms with Gasteiger partial charge in [-0.2, -0.15) is 5.26 Å². The van der Waals surface area contributed by atoms with Crippen molar-refractivity contribution in [1.82, 2.24) is 0 Å². The quantitative estimate of drug-likeness (QED) is 0.569. The lowest BCUT2D eigenvalue weighted by atomic mass is 10.1. The van der Waals surface area contributed by atoms with Crippen molar-refractivity contribution in [3.63, 3.8) is 0 Å². The molecule has 4 heteroatoms. The number of nitrogens with zero attached hydrogens (tertiary/aromatic N) is 1. The molecule has 0 radical (unpaired) electrons. The summed E-state index contributed by atoms with van der Waals surface area (Å²) in [6, 6.07) is 5.24. The third-order valence-electron chi connectivity index (χ3n) is 1.43. The van der Waals surface area contributed by atoms with Gasteiger partial charge in [0.25, 0.3) is 0 Å². The van der Waals surface area contributed by atoms with E-state index in [-0.39, 0.29) is 5.56 Å². The Morgan fingerprint density at radius 2 is 2.25 bits per heavy atom. The summed E-state index contributed by atoms with van der Waals surface area (Å²) in [5.74, 6) is -0.415. The second-order valence-electron chi connectivity index (χ2n) is 2.14. The summed E-state index contributed by atoms with van der Waals surface area (Å²) in [6.45, 7) is 0. The molecular weight excluding hydrogens is 336 g/mol. The monoisotopic (exact) mass is 339 g/mol. The second kappa shape index (κ2) is 4.19. The number of halogens is 3. The molecule has 0 atom stereocenters. The molecule has 1 rings (SSSR count). The van der Waals surface area contributed by atoms with E-state index in [1.165, 1.54) is 0 Å². The smallest absolute Gasteiger partial charge is 0.146 e. The fraction of sp³-hybridized carbons (Fsp3) is 0.125. The van der Waals surface area contributed by atoms with Crippen LogP contribution in [0, 0.1) is 20.7 Å². The third kappa shape index (κ3) is 1.77. The Hall–Kier alpha value is -0.150. The molecule has 1 aromatic rings. The van der Waals surface area contributed by atoms with Gasteiger partial charge in [0.2, 0.25) is 0 Å². The number of alkyl halides is 1. The summed E-state index contributed by atoms with van der Waals surface area (Å²) >= 11 is 5.09. The van der Waals surface area contributed by atoms with E-state index in [0.717, 1.165) is 0 Å². The van der Waals surface area contributed by atoms with Crippen LogP contribution < -0.4 is 0 Å². The largest absolute Gasteiger partial charge is 0.205 e. The molecule has 62 valence electrons. The number of hydrogen-bond donors (Lipinski definition) is 0. The van der Waals surface area contributed by atoms with E-state index < -0.39 is 5.82 Å². The molecule has 0 fully saturated rings. The highest BCUT2D eigenvalue weighted by molar-refractivity contribution is 14.1. The van der Waals surface area contributed by atoms with Gasteiger partial charge in [-0.1, -0.05) is 22.0 Å². The molecule has 0 N–H and O–H groups in total. The van der Waals surface area contributed by atoms with Crippen molar-refractivity contribution in [2.75, 3.05) is 0 Å². The third-order valence-corrected chi connectivity index (χ3v) is 2.93. The summed E-state index contributed by atoms with van der Waals surface area (Å²) in [4.78, 5) is 0. The molecule has 0 aliphatic heterocycles. The van der Waals surface area contributed by atoms with Gasteiger partial charge in [0, 0.05) is 8.90 Å². The Balaban J connectivity index is 3.36. The van der Waals surface area contributed by atoms with E-state index in [2.05, 4.69) is 15.9 Å². The molecule has 0 aliphatic carbocycles. The average Bonchev–Trinajstić information content (AvgIpc) is 2.06. The second-order valence-corrected chi connectivity index (χ2v) is 3.86. The van der Waals surface area contributed by atoms with Crippen LogP contribution in [-0.4, -0.2) is 0 Å². The van der Waals surface area contributed by atoms with Crippen LogP contribution >= 0.6 is 38.5 Å². The van der Waals surface area contributed by atoms with E-state index in [9.17, 15) is 4.39 Å². The van der Waals surface area contributed by atoms with Crippen molar-refractivity contribution in [1.29, 1.82) is 5.26 Å². The zero-order chi connectivity index (χ0) is 9.14. The predicted molar refractivity (Wildman–Crippen MR) is 56.5 cm³/mol. The van der Waals surface area contributed by atoms with E-state index >= 15 is 0 Å². The van der Waals surface area contributed by atoms with Crippen molar-refractivity contribution in [3.05, 3.63) is 32.6 Å². The van der Waals surface area contributed by atoms with Crippen LogP contribution in [0.2, 0.25) is 0 Å². The molecule has 0 amide bonds. The number of rotatable bonds is 1. The van der Waals surface area contributed by atoms with E-state index in [1.54, 1.807) is 12.1 Å². The lowest BCUT2D eigenvalue weighted by Crippen LogP contribution is -1.93. The van der Waals surface area contributed by atoms with Gasteiger partial charge in [-0.3, -0.25) is 0 Å². The summed E-state index contributed by atoms with van der Waals surface area (Å²) in [6.07, 6.45) is 0. The van der Waals surface area contributed by atoms with Crippen LogP contribution in [0.4, 0.5) is 4.39 Å². The molecule has 0 saturated carbocycles. The van der Waals surface area contributed by atoms with Crippen LogP contribution in [0.25, 0.3) is 0 Å². The molecule has 1 nitrogen and oxygen atoms in total. The first-order chi connectivity index (χ1) is 5.70. The maximum absolute atomic E-state index is 13.3. The predicted octanol–water partition coefficient (Wildman–Crippen LogP) is 3.20. The van der Waals surface area contributed by atoms with Gasteiger partial charge in [-0.15, -0.1) is 0 Å². The van der Waals surface area contributed by atoms with Crippen LogP contribution in [-0.2, 0) is 5.33 Å². The molecule has 0 bridgehead atoms. The SMILES string of the molecule is N#Cc1c(I)ccc(CBr)c1F. The molecule has 12 heavy (non-hydrogen) atoms. The molecule has 0 aliphatic rings. The van der Waals surface area contributed by atoms with Gasteiger partial charge in [0.05, 0.1) is 0 Å². The fourth-order valence-corrected chi connectivity index (χ4v) is 1.77. The maximum Gasteiger partial charge on any atom is 0.146 e. The van der Waals surface area contributed by atoms with E-state index in [1.807, 2.05) is 28.7 Å². The summed E-state index contributed by atoms with van der Waals surface area (Å²) in [5.41, 5.74) is 0.652. The van der Waals surface area contributed by atoms with Crippen molar-refractivity contribution >= 4 is 38.5 Å². The Morgan fingerprint density at radius 3 is 2.75 bits per heavy atom. The minimum Gasteiger partial charge on any atom is -0.205 e. The van der Waals surface area contributed by atoms with Crippen LogP contribution in [0.5, 0.6) is 0 Å². The summed E-state index contributed by atoms with van der Waals surface area (Å²) in [7, 11) is 0. The van der Waals surface area contributed by atoms with Gasteiger partial charge < -0.3 is 0 Å². The highest BCUT2D eigenvalue weighted by Crippen LogP contribution is 2.20. The lowest BCUT2D eigenvalue weighted by Gasteiger charge is -2.01. The minimum absolute atomic E-state index is 0.132. The van der Waals surface area contributed by atoms with Gasteiger partial charge in [-0.05, 0) is 34.2 Å². The minimum atomic E-state index is -0.415. The fourth-order valence-electron chi connectivity index (χ4n) is 0.801. The standard InChI is InChI=1S/C8H4BrFIN/c9-3-5-1-2-7(11)6(4-12)8(5)10/h1-2H,3H2. The van der Waals surface area contributed by atoms with Gasteiger partial charge in [0.1, 0.15) is 17.4 Å². The summed E-state index contributed by atoms with van der Waals surface area (Å²) in [5, 5.41) is 9.04. The Kier molecular flexibility index (Phi) is 3.47. The van der Waals surface area contributed by atoms with Crippen LogP contribution in [0.3, 0.4) is 0 Å². The highest BCUT2D eigenvalue weighted by atomic mass is 127. The normalized spacial score (nSPS) is 9.50. The number of nitriles is 1. The molecule has 1 aromatic carbocycles. The molecular formula is C8H4BrFIN. The zero-order valence-corrected chi connectivity index (χ0v) is 9.69. The zero-order valence-electron chi connectivity index (χ0n) is 5.94. The molecule has 0 saturated heterocycles. The molecule has 0 heterocycles. The first-order valence-corrected chi connectivity index (χ1v) is 5.33. The Morgan fingerprint density at radius 1 is 1.58 bits per heavy atom. The molecule has 0 spiro atoms. The van der Waals surface area contributed by atoms with Crippen molar-refractivity contribution in [2.24, 2.45) is 0 Å². The summed E-state index contributed by atoms with van der Waals surface area (Å²) < 4.78 is 13.9. The first kappa shape index (κ1) is 9.93. The van der Waals surface area contributed by atoms with Crippen LogP contribution in [0.15, 0.2) is 12.1 Å². The number of hydrogen-bond acceptors (Lipinski definition) is 1.